The van der Waals surface area contributed by atoms with Crippen molar-refractivity contribution >= 4 is 23.4 Å². The molecule has 0 unspecified atom stereocenters. The Morgan fingerprint density at radius 2 is 2.19 bits per heavy atom. The molecule has 1 aliphatic carbocycles. The van der Waals surface area contributed by atoms with Crippen molar-refractivity contribution < 1.29 is 4.79 Å². The molecule has 0 bridgehead atoms. The molecule has 0 atom stereocenters. The third kappa shape index (κ3) is 1.46. The molecule has 1 aromatic rings. The predicted molar refractivity (Wildman–Crippen MR) is 66.8 cm³/mol. The lowest BCUT2D eigenvalue weighted by Crippen LogP contribution is -2.43. The maximum absolute atomic E-state index is 12.1. The van der Waals surface area contributed by atoms with Crippen LogP contribution in [-0.4, -0.2) is 11.7 Å². The quantitative estimate of drug-likeness (QED) is 0.745. The second-order valence-electron chi connectivity index (χ2n) is 4.88. The van der Waals surface area contributed by atoms with Gasteiger partial charge in [-0.2, -0.15) is 0 Å². The Hall–Kier alpha value is -0.960. The van der Waals surface area contributed by atoms with E-state index in [4.69, 9.17) is 0 Å². The van der Waals surface area contributed by atoms with Crippen LogP contribution in [0.4, 0.5) is 5.69 Å². The number of fused-ring (bicyclic) bond motifs is 1. The minimum Gasteiger partial charge on any atom is -0.325 e. The molecule has 2 nitrogen and oxygen atoms in total. The highest BCUT2D eigenvalue weighted by Crippen LogP contribution is 2.48. The van der Waals surface area contributed by atoms with Gasteiger partial charge in [0.1, 0.15) is 0 Å². The first-order valence-corrected chi connectivity index (χ1v) is 6.73. The first-order chi connectivity index (χ1) is 7.70. The first-order valence-electron chi connectivity index (χ1n) is 5.75. The van der Waals surface area contributed by atoms with Crippen molar-refractivity contribution in [3.63, 3.8) is 0 Å². The van der Waals surface area contributed by atoms with Crippen molar-refractivity contribution in [2.45, 2.75) is 31.1 Å². The maximum Gasteiger partial charge on any atom is 0.231 e. The van der Waals surface area contributed by atoms with Crippen LogP contribution in [0.1, 0.15) is 24.8 Å². The zero-order valence-electron chi connectivity index (χ0n) is 9.38. The monoisotopic (exact) mass is 233 g/mol. The largest absolute Gasteiger partial charge is 0.325 e. The molecule has 1 N–H and O–H groups in total. The summed E-state index contributed by atoms with van der Waals surface area (Å²) in [7, 11) is 0. The number of anilines is 1. The summed E-state index contributed by atoms with van der Waals surface area (Å²) in [6, 6.07) is 6.24. The van der Waals surface area contributed by atoms with Gasteiger partial charge in [-0.25, -0.2) is 0 Å². The van der Waals surface area contributed by atoms with Crippen LogP contribution < -0.4 is 5.32 Å². The van der Waals surface area contributed by atoms with Gasteiger partial charge in [-0.05, 0) is 37.5 Å². The van der Waals surface area contributed by atoms with E-state index >= 15 is 0 Å². The molecule has 1 amide bonds. The number of amides is 1. The van der Waals surface area contributed by atoms with E-state index in [0.717, 1.165) is 24.3 Å². The van der Waals surface area contributed by atoms with Crippen LogP contribution in [0.2, 0.25) is 0 Å². The molecule has 3 rings (SSSR count). The summed E-state index contributed by atoms with van der Waals surface area (Å²) < 4.78 is 0. The lowest BCUT2D eigenvalue weighted by molar-refractivity contribution is -0.128. The number of rotatable bonds is 0. The van der Waals surface area contributed by atoms with Crippen molar-refractivity contribution in [2.75, 3.05) is 11.1 Å². The summed E-state index contributed by atoms with van der Waals surface area (Å²) in [6.07, 6.45) is 3.31. The van der Waals surface area contributed by atoms with E-state index in [1.54, 1.807) is 0 Å². The molecule has 3 heteroatoms. The molecule has 16 heavy (non-hydrogen) atoms. The van der Waals surface area contributed by atoms with Gasteiger partial charge in [0.2, 0.25) is 5.91 Å². The standard InChI is InChI=1S/C13H15NOS/c1-9-3-4-10-11(7-9)16-8-13(5-2-6-13)12(15)14-10/h3-4,7H,2,5-6,8H2,1H3,(H,14,15). The third-order valence-electron chi connectivity index (χ3n) is 3.68. The Kier molecular flexibility index (Phi) is 2.25. The molecule has 1 aromatic carbocycles. The number of carbonyl (C=O) groups is 1. The molecule has 0 radical (unpaired) electrons. The highest BCUT2D eigenvalue weighted by Gasteiger charge is 2.45. The van der Waals surface area contributed by atoms with Crippen LogP contribution in [0.15, 0.2) is 23.1 Å². The Labute approximate surface area is 99.8 Å². The van der Waals surface area contributed by atoms with Gasteiger partial charge in [0, 0.05) is 10.6 Å². The van der Waals surface area contributed by atoms with Gasteiger partial charge in [-0.1, -0.05) is 12.5 Å². The zero-order valence-corrected chi connectivity index (χ0v) is 10.2. The topological polar surface area (TPSA) is 29.1 Å². The molecule has 1 fully saturated rings. The zero-order chi connectivity index (χ0) is 11.2. The fourth-order valence-electron chi connectivity index (χ4n) is 2.36. The number of nitrogens with one attached hydrogen (secondary N) is 1. The third-order valence-corrected chi connectivity index (χ3v) is 5.03. The lowest BCUT2D eigenvalue weighted by atomic mass is 9.69. The second-order valence-corrected chi connectivity index (χ2v) is 5.89. The van der Waals surface area contributed by atoms with Crippen molar-refractivity contribution in [1.82, 2.24) is 0 Å². The lowest BCUT2D eigenvalue weighted by Gasteiger charge is -2.38. The van der Waals surface area contributed by atoms with Gasteiger partial charge in [0.15, 0.2) is 0 Å². The Balaban J connectivity index is 1.96. The minimum absolute atomic E-state index is 0.0718. The minimum atomic E-state index is -0.0718. The Morgan fingerprint density at radius 1 is 1.38 bits per heavy atom. The van der Waals surface area contributed by atoms with Crippen molar-refractivity contribution in [1.29, 1.82) is 0 Å². The van der Waals surface area contributed by atoms with Crippen LogP contribution in [0.25, 0.3) is 0 Å². The number of hydrogen-bond acceptors (Lipinski definition) is 2. The number of thioether (sulfide) groups is 1. The van der Waals surface area contributed by atoms with Crippen LogP contribution in [-0.2, 0) is 4.79 Å². The average Bonchev–Trinajstić information content (AvgIpc) is 2.33. The molecule has 1 heterocycles. The second kappa shape index (κ2) is 3.52. The highest BCUT2D eigenvalue weighted by molar-refractivity contribution is 7.99. The molecule has 0 aromatic heterocycles. The van der Waals surface area contributed by atoms with Gasteiger partial charge in [0.25, 0.3) is 0 Å². The van der Waals surface area contributed by atoms with Gasteiger partial charge >= 0.3 is 0 Å². The van der Waals surface area contributed by atoms with Crippen molar-refractivity contribution in [2.24, 2.45) is 5.41 Å². The predicted octanol–water partition coefficient (Wildman–Crippen LogP) is 3.21. The summed E-state index contributed by atoms with van der Waals surface area (Å²) in [4.78, 5) is 13.4. The van der Waals surface area contributed by atoms with Gasteiger partial charge < -0.3 is 5.32 Å². The van der Waals surface area contributed by atoms with Crippen LogP contribution in [0.5, 0.6) is 0 Å². The maximum atomic E-state index is 12.1. The molecular formula is C13H15NOS. The average molecular weight is 233 g/mol. The van der Waals surface area contributed by atoms with Crippen LogP contribution >= 0.6 is 11.8 Å². The summed E-state index contributed by atoms with van der Waals surface area (Å²) in [6.45, 7) is 2.09. The van der Waals surface area contributed by atoms with Crippen molar-refractivity contribution in [3.8, 4) is 0 Å². The first kappa shape index (κ1) is 10.2. The number of carbonyl (C=O) groups excluding carboxylic acids is 1. The molecule has 1 aliphatic heterocycles. The Morgan fingerprint density at radius 3 is 2.88 bits per heavy atom. The van der Waals surface area contributed by atoms with Gasteiger partial charge in [-0.15, -0.1) is 11.8 Å². The fraction of sp³-hybridized carbons (Fsp3) is 0.462. The number of aryl methyl sites for hydroxylation is 1. The van der Waals surface area contributed by atoms with E-state index in [-0.39, 0.29) is 11.3 Å². The summed E-state index contributed by atoms with van der Waals surface area (Å²) >= 11 is 1.83. The van der Waals surface area contributed by atoms with E-state index in [1.165, 1.54) is 16.9 Å². The Bertz CT molecular complexity index is 451. The van der Waals surface area contributed by atoms with Crippen LogP contribution in [0, 0.1) is 12.3 Å². The molecule has 84 valence electrons. The van der Waals surface area contributed by atoms with E-state index in [1.807, 2.05) is 17.8 Å². The molecule has 2 aliphatic rings. The summed E-state index contributed by atoms with van der Waals surface area (Å²) in [5.74, 6) is 1.17. The SMILES string of the molecule is Cc1ccc2c(c1)SCC1(CCC1)C(=O)N2. The molecular weight excluding hydrogens is 218 g/mol. The molecule has 1 saturated carbocycles. The smallest absolute Gasteiger partial charge is 0.231 e. The number of hydrogen-bond donors (Lipinski definition) is 1. The van der Waals surface area contributed by atoms with Gasteiger partial charge in [0.05, 0.1) is 11.1 Å². The van der Waals surface area contributed by atoms with Gasteiger partial charge in [-0.3, -0.25) is 4.79 Å². The summed E-state index contributed by atoms with van der Waals surface area (Å²) in [5, 5.41) is 3.08. The normalized spacial score (nSPS) is 21.9. The van der Waals surface area contributed by atoms with Crippen molar-refractivity contribution in [3.05, 3.63) is 23.8 Å². The highest BCUT2D eigenvalue weighted by atomic mass is 32.2. The molecule has 0 saturated heterocycles. The van der Waals surface area contributed by atoms with E-state index in [9.17, 15) is 4.79 Å². The number of benzene rings is 1. The van der Waals surface area contributed by atoms with E-state index in [2.05, 4.69) is 24.4 Å². The van der Waals surface area contributed by atoms with E-state index < -0.39 is 0 Å². The fourth-order valence-corrected chi connectivity index (χ4v) is 3.76. The van der Waals surface area contributed by atoms with E-state index in [0.29, 0.717) is 0 Å². The van der Waals surface area contributed by atoms with Crippen LogP contribution in [0.3, 0.4) is 0 Å². The summed E-state index contributed by atoms with van der Waals surface area (Å²) in [5.41, 5.74) is 2.17. The molecule has 1 spiro atoms.